The van der Waals surface area contributed by atoms with Gasteiger partial charge in [-0.1, -0.05) is 42.1 Å². The van der Waals surface area contributed by atoms with Crippen LogP contribution >= 0.6 is 11.8 Å². The van der Waals surface area contributed by atoms with Gasteiger partial charge in [0, 0.05) is 10.8 Å². The zero-order valence-corrected chi connectivity index (χ0v) is 16.8. The number of para-hydroxylation sites is 2. The molecule has 0 aliphatic rings. The second-order valence-corrected chi connectivity index (χ2v) is 7.89. The van der Waals surface area contributed by atoms with Crippen molar-refractivity contribution in [3.63, 3.8) is 0 Å². The largest absolute Gasteiger partial charge is 0.461 e. The van der Waals surface area contributed by atoms with E-state index in [1.54, 1.807) is 12.3 Å². The number of rotatable bonds is 4. The molecule has 0 saturated heterocycles. The van der Waals surface area contributed by atoms with E-state index in [4.69, 9.17) is 13.8 Å². The van der Waals surface area contributed by atoms with E-state index in [0.717, 1.165) is 21.3 Å². The van der Waals surface area contributed by atoms with Gasteiger partial charge in [-0.15, -0.1) is 0 Å². The molecule has 1 N–H and O–H groups in total. The number of hydrogen-bond acceptors (Lipinski definition) is 7. The number of hydrogen-bond donors (Lipinski definition) is 1. The van der Waals surface area contributed by atoms with Crippen molar-refractivity contribution >= 4 is 44.7 Å². The first-order valence-corrected chi connectivity index (χ1v) is 10.6. The summed E-state index contributed by atoms with van der Waals surface area (Å²) in [6.07, 6.45) is 1.60. The fraction of sp³-hybridized carbons (Fsp3) is 0.0435. The van der Waals surface area contributed by atoms with E-state index in [2.05, 4.69) is 15.0 Å². The minimum atomic E-state index is -0.291. The van der Waals surface area contributed by atoms with E-state index in [0.29, 0.717) is 34.3 Å². The van der Waals surface area contributed by atoms with Gasteiger partial charge < -0.3 is 13.8 Å². The Kier molecular flexibility index (Phi) is 4.10. The molecule has 150 valence electrons. The lowest BCUT2D eigenvalue weighted by atomic mass is 10.2. The van der Waals surface area contributed by atoms with Crippen LogP contribution in [0.2, 0.25) is 0 Å². The second kappa shape index (κ2) is 7.10. The molecule has 4 aromatic heterocycles. The van der Waals surface area contributed by atoms with Crippen LogP contribution in [-0.4, -0.2) is 19.9 Å². The van der Waals surface area contributed by atoms with Crippen LogP contribution in [0.3, 0.4) is 0 Å². The Morgan fingerprint density at radius 2 is 1.74 bits per heavy atom. The molecular formula is C23H14N4O3S. The van der Waals surface area contributed by atoms with Crippen molar-refractivity contribution in [1.82, 2.24) is 19.9 Å². The van der Waals surface area contributed by atoms with Gasteiger partial charge in [0.05, 0.1) is 17.5 Å². The van der Waals surface area contributed by atoms with Crippen LogP contribution in [0.25, 0.3) is 44.6 Å². The predicted molar refractivity (Wildman–Crippen MR) is 119 cm³/mol. The number of benzene rings is 2. The van der Waals surface area contributed by atoms with Gasteiger partial charge in [0.25, 0.3) is 5.56 Å². The number of H-pyrrole nitrogens is 1. The average Bonchev–Trinajstić information content (AvgIpc) is 3.46. The summed E-state index contributed by atoms with van der Waals surface area (Å²) in [4.78, 5) is 29.4. The van der Waals surface area contributed by atoms with Crippen molar-refractivity contribution in [2.75, 3.05) is 0 Å². The minimum absolute atomic E-state index is 0.238. The Bertz CT molecular complexity index is 1620. The first kappa shape index (κ1) is 17.9. The van der Waals surface area contributed by atoms with Crippen LogP contribution in [-0.2, 0) is 5.75 Å². The molecule has 0 saturated carbocycles. The Morgan fingerprint density at radius 1 is 0.903 bits per heavy atom. The van der Waals surface area contributed by atoms with Gasteiger partial charge in [-0.2, -0.15) is 0 Å². The number of nitrogens with one attached hydrogen (secondary N) is 1. The van der Waals surface area contributed by atoms with E-state index in [9.17, 15) is 4.79 Å². The number of fused-ring (bicyclic) bond motifs is 4. The fourth-order valence-electron chi connectivity index (χ4n) is 3.53. The van der Waals surface area contributed by atoms with Gasteiger partial charge >= 0.3 is 0 Å². The molecule has 0 spiro atoms. The summed E-state index contributed by atoms with van der Waals surface area (Å²) in [5, 5.41) is 2.54. The molecule has 0 unspecified atom stereocenters. The summed E-state index contributed by atoms with van der Waals surface area (Å²) >= 11 is 1.48. The molecule has 0 aliphatic carbocycles. The Morgan fingerprint density at radius 3 is 2.61 bits per heavy atom. The van der Waals surface area contributed by atoms with E-state index in [-0.39, 0.29) is 11.1 Å². The molecule has 31 heavy (non-hydrogen) atoms. The smallest absolute Gasteiger partial charge is 0.294 e. The summed E-state index contributed by atoms with van der Waals surface area (Å²) in [5.41, 5.74) is 1.98. The number of aromatic amines is 1. The standard InChI is InChI=1S/C23H14N4O3S/c28-22-20-19(14-7-2-4-9-16(14)30-20)25-18(26-22)12-31-23-13-6-1-3-8-15(13)24-21(27-23)17-10-5-11-29-17/h1-11H,12H2,(H,25,26,28). The van der Waals surface area contributed by atoms with Crippen LogP contribution in [0.15, 0.2) is 85.6 Å². The first-order chi connectivity index (χ1) is 15.3. The zero-order chi connectivity index (χ0) is 20.8. The summed E-state index contributed by atoms with van der Waals surface area (Å²) in [6, 6.07) is 18.9. The molecule has 0 amide bonds. The highest BCUT2D eigenvalue weighted by atomic mass is 32.2. The van der Waals surface area contributed by atoms with Gasteiger partial charge in [-0.25, -0.2) is 15.0 Å². The van der Waals surface area contributed by atoms with E-state index in [1.807, 2.05) is 54.6 Å². The predicted octanol–water partition coefficient (Wildman–Crippen LogP) is 5.16. The van der Waals surface area contributed by atoms with E-state index < -0.39 is 0 Å². The molecule has 2 aromatic carbocycles. The van der Waals surface area contributed by atoms with Gasteiger partial charge in [0.2, 0.25) is 5.58 Å². The van der Waals surface area contributed by atoms with Gasteiger partial charge in [0.1, 0.15) is 22.0 Å². The maximum Gasteiger partial charge on any atom is 0.294 e. The molecule has 6 rings (SSSR count). The number of aromatic nitrogens is 4. The molecule has 0 bridgehead atoms. The van der Waals surface area contributed by atoms with Crippen LogP contribution in [0, 0.1) is 0 Å². The summed E-state index contributed by atoms with van der Waals surface area (Å²) in [5.74, 6) is 2.11. The highest BCUT2D eigenvalue weighted by Gasteiger charge is 2.15. The molecule has 0 fully saturated rings. The highest BCUT2D eigenvalue weighted by Crippen LogP contribution is 2.31. The normalized spacial score (nSPS) is 11.6. The third-order valence-corrected chi connectivity index (χ3v) is 5.94. The zero-order valence-electron chi connectivity index (χ0n) is 16.0. The molecule has 7 nitrogen and oxygen atoms in total. The van der Waals surface area contributed by atoms with Crippen molar-refractivity contribution in [3.8, 4) is 11.6 Å². The van der Waals surface area contributed by atoms with Crippen molar-refractivity contribution in [2.45, 2.75) is 10.8 Å². The van der Waals surface area contributed by atoms with Gasteiger partial charge in [0.15, 0.2) is 11.6 Å². The lowest BCUT2D eigenvalue weighted by Gasteiger charge is -2.07. The maximum atomic E-state index is 12.6. The molecule has 0 radical (unpaired) electrons. The fourth-order valence-corrected chi connectivity index (χ4v) is 4.42. The molecule has 0 atom stereocenters. The monoisotopic (exact) mass is 426 g/mol. The van der Waals surface area contributed by atoms with Crippen molar-refractivity contribution in [3.05, 3.63) is 83.1 Å². The van der Waals surface area contributed by atoms with Crippen LogP contribution < -0.4 is 5.56 Å². The molecule has 4 heterocycles. The Hall–Kier alpha value is -3.91. The summed E-state index contributed by atoms with van der Waals surface area (Å²) < 4.78 is 11.1. The number of nitrogens with zero attached hydrogens (tertiary/aromatic N) is 3. The van der Waals surface area contributed by atoms with E-state index >= 15 is 0 Å². The Labute approximate surface area is 179 Å². The third-order valence-electron chi connectivity index (χ3n) is 4.94. The minimum Gasteiger partial charge on any atom is -0.461 e. The summed E-state index contributed by atoms with van der Waals surface area (Å²) in [7, 11) is 0. The topological polar surface area (TPSA) is 97.8 Å². The van der Waals surface area contributed by atoms with Crippen molar-refractivity contribution < 1.29 is 8.83 Å². The lowest BCUT2D eigenvalue weighted by molar-refractivity contribution is 0.577. The number of thioether (sulfide) groups is 1. The average molecular weight is 426 g/mol. The van der Waals surface area contributed by atoms with Crippen LogP contribution in [0.1, 0.15) is 5.82 Å². The van der Waals surface area contributed by atoms with E-state index in [1.165, 1.54) is 11.8 Å². The number of furan rings is 2. The second-order valence-electron chi connectivity index (χ2n) is 6.92. The van der Waals surface area contributed by atoms with Crippen molar-refractivity contribution in [2.24, 2.45) is 0 Å². The quantitative estimate of drug-likeness (QED) is 0.307. The molecular weight excluding hydrogens is 412 g/mol. The SMILES string of the molecule is O=c1[nH]c(CSc2nc(-c3ccco3)nc3ccccc23)nc2c1oc1ccccc12. The highest BCUT2D eigenvalue weighted by molar-refractivity contribution is 7.98. The van der Waals surface area contributed by atoms with Crippen molar-refractivity contribution in [1.29, 1.82) is 0 Å². The molecule has 8 heteroatoms. The van der Waals surface area contributed by atoms with Gasteiger partial charge in [-0.3, -0.25) is 4.79 Å². The van der Waals surface area contributed by atoms with Crippen LogP contribution in [0.4, 0.5) is 0 Å². The first-order valence-electron chi connectivity index (χ1n) is 9.60. The maximum absolute atomic E-state index is 12.6. The third kappa shape index (κ3) is 3.08. The molecule has 0 aliphatic heterocycles. The summed E-state index contributed by atoms with van der Waals surface area (Å²) in [6.45, 7) is 0. The Balaban J connectivity index is 1.41. The van der Waals surface area contributed by atoms with Crippen LogP contribution in [0.5, 0.6) is 0 Å². The van der Waals surface area contributed by atoms with Gasteiger partial charge in [-0.05, 0) is 30.3 Å². The lowest BCUT2D eigenvalue weighted by Crippen LogP contribution is -2.10. The molecule has 6 aromatic rings.